The predicted octanol–water partition coefficient (Wildman–Crippen LogP) is 4.22. The second-order valence-electron chi connectivity index (χ2n) is 4.35. The first-order chi connectivity index (χ1) is 8.99. The van der Waals surface area contributed by atoms with Crippen LogP contribution in [-0.2, 0) is 4.74 Å². The fourth-order valence-corrected chi connectivity index (χ4v) is 2.73. The molecule has 2 rings (SSSR count). The number of nitrogen functional groups attached to an aromatic ring is 1. The first kappa shape index (κ1) is 13.9. The summed E-state index contributed by atoms with van der Waals surface area (Å²) < 4.78 is 5.22. The molecule has 19 heavy (non-hydrogen) atoms. The molecular weight excluding hydrogens is 282 g/mol. The van der Waals surface area contributed by atoms with Crippen LogP contribution in [0.3, 0.4) is 0 Å². The highest BCUT2D eigenvalue weighted by molar-refractivity contribution is 7.14. The number of benzene rings is 1. The third-order valence-electron chi connectivity index (χ3n) is 2.50. The number of carbonyl (C=O) groups is 1. The number of nitrogens with two attached hydrogens (primary N) is 1. The third-order valence-corrected chi connectivity index (χ3v) is 3.55. The largest absolute Gasteiger partial charge is 0.459 e. The van der Waals surface area contributed by atoms with Crippen LogP contribution in [0, 0.1) is 0 Å². The molecule has 2 N–H and O–H groups in total. The summed E-state index contributed by atoms with van der Waals surface area (Å²) >= 11 is 7.29. The maximum absolute atomic E-state index is 12.1. The van der Waals surface area contributed by atoms with Crippen molar-refractivity contribution in [1.29, 1.82) is 0 Å². The molecule has 0 saturated carbocycles. The quantitative estimate of drug-likeness (QED) is 0.863. The van der Waals surface area contributed by atoms with Gasteiger partial charge in [-0.2, -0.15) is 0 Å². The molecule has 0 unspecified atom stereocenters. The predicted molar refractivity (Wildman–Crippen MR) is 79.7 cm³/mol. The number of rotatable bonds is 3. The standard InChI is InChI=1S/C14H14ClNO2S/c1-8(2)18-14(17)12-11(7-19-13(12)16)9-4-3-5-10(15)6-9/h3-8H,16H2,1-2H3. The van der Waals surface area contributed by atoms with Gasteiger partial charge in [-0.25, -0.2) is 4.79 Å². The lowest BCUT2D eigenvalue weighted by atomic mass is 10.0. The Bertz CT molecular complexity index is 607. The molecule has 0 amide bonds. The van der Waals surface area contributed by atoms with Crippen molar-refractivity contribution < 1.29 is 9.53 Å². The van der Waals surface area contributed by atoms with Gasteiger partial charge < -0.3 is 10.5 Å². The molecule has 1 aromatic heterocycles. The Balaban J connectivity index is 2.45. The molecular formula is C14H14ClNO2S. The lowest BCUT2D eigenvalue weighted by Crippen LogP contribution is -2.13. The molecule has 0 aliphatic carbocycles. The Morgan fingerprint density at radius 3 is 2.79 bits per heavy atom. The van der Waals surface area contributed by atoms with Crippen molar-refractivity contribution >= 4 is 33.9 Å². The van der Waals surface area contributed by atoms with E-state index in [0.29, 0.717) is 15.6 Å². The molecule has 0 bridgehead atoms. The van der Waals surface area contributed by atoms with E-state index in [2.05, 4.69) is 0 Å². The normalized spacial score (nSPS) is 10.7. The highest BCUT2D eigenvalue weighted by Crippen LogP contribution is 2.35. The van der Waals surface area contributed by atoms with E-state index in [0.717, 1.165) is 11.1 Å². The first-order valence-corrected chi connectivity index (χ1v) is 7.08. The van der Waals surface area contributed by atoms with Gasteiger partial charge in [0.2, 0.25) is 0 Å². The van der Waals surface area contributed by atoms with E-state index in [1.165, 1.54) is 11.3 Å². The van der Waals surface area contributed by atoms with Crippen molar-refractivity contribution in [2.24, 2.45) is 0 Å². The zero-order valence-electron chi connectivity index (χ0n) is 10.6. The van der Waals surface area contributed by atoms with Crippen molar-refractivity contribution in [2.75, 3.05) is 5.73 Å². The van der Waals surface area contributed by atoms with E-state index in [-0.39, 0.29) is 6.10 Å². The molecule has 0 spiro atoms. The lowest BCUT2D eigenvalue weighted by molar-refractivity contribution is 0.0380. The fourth-order valence-electron chi connectivity index (χ4n) is 1.72. The van der Waals surface area contributed by atoms with Gasteiger partial charge in [-0.05, 0) is 31.5 Å². The van der Waals surface area contributed by atoms with E-state index >= 15 is 0 Å². The number of hydrogen-bond acceptors (Lipinski definition) is 4. The van der Waals surface area contributed by atoms with Crippen molar-refractivity contribution in [1.82, 2.24) is 0 Å². The van der Waals surface area contributed by atoms with Crippen molar-refractivity contribution in [3.05, 3.63) is 40.2 Å². The summed E-state index contributed by atoms with van der Waals surface area (Å²) in [5.74, 6) is -0.399. The molecule has 0 saturated heterocycles. The van der Waals surface area contributed by atoms with Crippen LogP contribution in [0.5, 0.6) is 0 Å². The van der Waals surface area contributed by atoms with Crippen molar-refractivity contribution in [3.63, 3.8) is 0 Å². The van der Waals surface area contributed by atoms with Gasteiger partial charge in [-0.1, -0.05) is 23.7 Å². The Hall–Kier alpha value is -1.52. The van der Waals surface area contributed by atoms with Crippen LogP contribution in [0.25, 0.3) is 11.1 Å². The molecule has 0 aliphatic heterocycles. The van der Waals surface area contributed by atoms with Gasteiger partial charge in [0, 0.05) is 16.0 Å². The zero-order chi connectivity index (χ0) is 14.0. The summed E-state index contributed by atoms with van der Waals surface area (Å²) in [7, 11) is 0. The van der Waals surface area contributed by atoms with Gasteiger partial charge in [-0.15, -0.1) is 11.3 Å². The van der Waals surface area contributed by atoms with Crippen LogP contribution in [0.15, 0.2) is 29.6 Å². The second-order valence-corrected chi connectivity index (χ2v) is 5.70. The van der Waals surface area contributed by atoms with E-state index in [4.69, 9.17) is 22.1 Å². The number of halogens is 1. The molecule has 100 valence electrons. The van der Waals surface area contributed by atoms with E-state index in [9.17, 15) is 4.79 Å². The van der Waals surface area contributed by atoms with Crippen LogP contribution >= 0.6 is 22.9 Å². The Labute approximate surface area is 121 Å². The monoisotopic (exact) mass is 295 g/mol. The summed E-state index contributed by atoms with van der Waals surface area (Å²) in [6.07, 6.45) is -0.181. The van der Waals surface area contributed by atoms with E-state index < -0.39 is 5.97 Å². The minimum absolute atomic E-state index is 0.181. The number of ether oxygens (including phenoxy) is 1. The number of thiophene rings is 1. The van der Waals surface area contributed by atoms with Crippen LogP contribution in [-0.4, -0.2) is 12.1 Å². The zero-order valence-corrected chi connectivity index (χ0v) is 12.2. The van der Waals surface area contributed by atoms with Crippen molar-refractivity contribution in [3.8, 4) is 11.1 Å². The van der Waals surface area contributed by atoms with Gasteiger partial charge >= 0.3 is 5.97 Å². The summed E-state index contributed by atoms with van der Waals surface area (Å²) in [6.45, 7) is 3.61. The molecule has 0 atom stereocenters. The molecule has 5 heteroatoms. The van der Waals surface area contributed by atoms with Crippen LogP contribution in [0.4, 0.5) is 5.00 Å². The average Bonchev–Trinajstić information content (AvgIpc) is 2.70. The molecule has 3 nitrogen and oxygen atoms in total. The minimum atomic E-state index is -0.399. The van der Waals surface area contributed by atoms with Gasteiger partial charge in [0.05, 0.1) is 6.10 Å². The summed E-state index contributed by atoms with van der Waals surface area (Å²) in [6, 6.07) is 7.31. The molecule has 0 aliphatic rings. The fraction of sp³-hybridized carbons (Fsp3) is 0.214. The molecule has 2 aromatic rings. The van der Waals surface area contributed by atoms with Crippen LogP contribution in [0.1, 0.15) is 24.2 Å². The van der Waals surface area contributed by atoms with Gasteiger partial charge in [0.15, 0.2) is 0 Å². The number of anilines is 1. The number of hydrogen-bond donors (Lipinski definition) is 1. The Morgan fingerprint density at radius 1 is 1.42 bits per heavy atom. The topological polar surface area (TPSA) is 52.3 Å². The third kappa shape index (κ3) is 3.08. The second kappa shape index (κ2) is 5.63. The molecule has 0 radical (unpaired) electrons. The van der Waals surface area contributed by atoms with Crippen LogP contribution in [0.2, 0.25) is 5.02 Å². The van der Waals surface area contributed by atoms with Crippen LogP contribution < -0.4 is 5.73 Å². The summed E-state index contributed by atoms with van der Waals surface area (Å²) in [4.78, 5) is 12.1. The molecule has 1 heterocycles. The lowest BCUT2D eigenvalue weighted by Gasteiger charge is -2.09. The maximum Gasteiger partial charge on any atom is 0.342 e. The highest BCUT2D eigenvalue weighted by atomic mass is 35.5. The average molecular weight is 296 g/mol. The molecule has 1 aromatic carbocycles. The highest BCUT2D eigenvalue weighted by Gasteiger charge is 2.20. The number of carbonyl (C=O) groups excluding carboxylic acids is 1. The minimum Gasteiger partial charge on any atom is -0.459 e. The Morgan fingerprint density at radius 2 is 2.16 bits per heavy atom. The summed E-state index contributed by atoms with van der Waals surface area (Å²) in [5, 5.41) is 2.92. The van der Waals surface area contributed by atoms with Crippen molar-refractivity contribution in [2.45, 2.75) is 20.0 Å². The number of esters is 1. The SMILES string of the molecule is CC(C)OC(=O)c1c(-c2cccc(Cl)c2)csc1N. The Kier molecular flexibility index (Phi) is 4.12. The van der Waals surface area contributed by atoms with Gasteiger partial charge in [0.25, 0.3) is 0 Å². The van der Waals surface area contributed by atoms with Gasteiger partial charge in [0.1, 0.15) is 10.6 Å². The van der Waals surface area contributed by atoms with E-state index in [1.807, 2.05) is 17.5 Å². The van der Waals surface area contributed by atoms with E-state index in [1.54, 1.807) is 26.0 Å². The van der Waals surface area contributed by atoms with Gasteiger partial charge in [-0.3, -0.25) is 0 Å². The molecule has 0 fully saturated rings. The smallest absolute Gasteiger partial charge is 0.342 e. The maximum atomic E-state index is 12.1. The summed E-state index contributed by atoms with van der Waals surface area (Å²) in [5.41, 5.74) is 7.91. The first-order valence-electron chi connectivity index (χ1n) is 5.83.